The normalized spacial score (nSPS) is 15.0. The molecule has 1 saturated carbocycles. The molecule has 1 aliphatic carbocycles. The fourth-order valence-corrected chi connectivity index (χ4v) is 3.47. The second-order valence-corrected chi connectivity index (χ2v) is 6.61. The van der Waals surface area contributed by atoms with Crippen LogP contribution in [0.1, 0.15) is 36.8 Å². The van der Waals surface area contributed by atoms with Gasteiger partial charge in [0.05, 0.1) is 17.0 Å². The molecule has 0 unspecified atom stereocenters. The summed E-state index contributed by atoms with van der Waals surface area (Å²) in [4.78, 5) is 24.8. The number of rotatable bonds is 5. The summed E-state index contributed by atoms with van der Waals surface area (Å²) in [6.45, 7) is -0.421. The zero-order valence-electron chi connectivity index (χ0n) is 14.7. The second kappa shape index (κ2) is 8.00. The van der Waals surface area contributed by atoms with Crippen molar-refractivity contribution in [2.75, 3.05) is 11.9 Å². The standard InChI is InChI=1S/C21H19FN2O3/c22-17-5-3-4-16(12-17)21(10-1-2-11-21)20(26)27-14-19(25)24-18-8-6-15(13-23)7-9-18/h3-9,12H,1-2,10-11,14H2,(H,24,25). The van der Waals surface area contributed by atoms with E-state index in [-0.39, 0.29) is 0 Å². The van der Waals surface area contributed by atoms with Crippen LogP contribution in [0.15, 0.2) is 48.5 Å². The maximum absolute atomic E-state index is 13.6. The van der Waals surface area contributed by atoms with Crippen molar-refractivity contribution >= 4 is 17.6 Å². The Morgan fingerprint density at radius 2 is 1.85 bits per heavy atom. The number of halogens is 1. The maximum atomic E-state index is 13.6. The van der Waals surface area contributed by atoms with Gasteiger partial charge in [-0.3, -0.25) is 9.59 Å². The van der Waals surface area contributed by atoms with Crippen LogP contribution in [0.25, 0.3) is 0 Å². The number of benzene rings is 2. The van der Waals surface area contributed by atoms with Crippen LogP contribution in [0.3, 0.4) is 0 Å². The molecule has 138 valence electrons. The van der Waals surface area contributed by atoms with Crippen molar-refractivity contribution in [3.63, 3.8) is 0 Å². The summed E-state index contributed by atoms with van der Waals surface area (Å²) >= 11 is 0. The monoisotopic (exact) mass is 366 g/mol. The lowest BCUT2D eigenvalue weighted by molar-refractivity contribution is -0.153. The predicted octanol–water partition coefficient (Wildman–Crippen LogP) is 3.69. The van der Waals surface area contributed by atoms with E-state index in [1.807, 2.05) is 6.07 Å². The third-order valence-electron chi connectivity index (χ3n) is 4.86. The number of amides is 1. The predicted molar refractivity (Wildman–Crippen MR) is 97.3 cm³/mol. The molecule has 2 aromatic carbocycles. The van der Waals surface area contributed by atoms with E-state index in [1.54, 1.807) is 36.4 Å². The van der Waals surface area contributed by atoms with Crippen molar-refractivity contribution in [2.24, 2.45) is 0 Å². The summed E-state index contributed by atoms with van der Waals surface area (Å²) in [5.41, 5.74) is 0.697. The topological polar surface area (TPSA) is 79.2 Å². The average molecular weight is 366 g/mol. The van der Waals surface area contributed by atoms with Crippen molar-refractivity contribution in [1.82, 2.24) is 0 Å². The molecule has 6 heteroatoms. The van der Waals surface area contributed by atoms with Gasteiger partial charge in [0.1, 0.15) is 5.82 Å². The minimum absolute atomic E-state index is 0.398. The van der Waals surface area contributed by atoms with Gasteiger partial charge in [-0.15, -0.1) is 0 Å². The molecule has 1 aliphatic rings. The summed E-state index contributed by atoms with van der Waals surface area (Å²) in [5.74, 6) is -1.37. The Bertz CT molecular complexity index is 881. The van der Waals surface area contributed by atoms with Gasteiger partial charge in [-0.2, -0.15) is 5.26 Å². The molecular weight excluding hydrogens is 347 g/mol. The molecule has 0 atom stereocenters. The van der Waals surface area contributed by atoms with Gasteiger partial charge in [0.2, 0.25) is 0 Å². The minimum Gasteiger partial charge on any atom is -0.455 e. The molecule has 0 aromatic heterocycles. The number of nitriles is 1. The lowest BCUT2D eigenvalue weighted by atomic mass is 9.79. The van der Waals surface area contributed by atoms with Crippen LogP contribution in [-0.2, 0) is 19.7 Å². The first-order valence-electron chi connectivity index (χ1n) is 8.77. The Morgan fingerprint density at radius 1 is 1.15 bits per heavy atom. The number of nitrogens with one attached hydrogen (secondary N) is 1. The summed E-state index contributed by atoms with van der Waals surface area (Å²) in [7, 11) is 0. The Hall–Kier alpha value is -3.20. The number of nitrogens with zero attached hydrogens (tertiary/aromatic N) is 1. The van der Waals surface area contributed by atoms with Gasteiger partial charge >= 0.3 is 5.97 Å². The van der Waals surface area contributed by atoms with E-state index in [4.69, 9.17) is 10.00 Å². The van der Waals surface area contributed by atoms with E-state index in [1.165, 1.54) is 12.1 Å². The van der Waals surface area contributed by atoms with Gasteiger partial charge in [-0.05, 0) is 54.8 Å². The highest BCUT2D eigenvalue weighted by molar-refractivity contribution is 5.94. The largest absolute Gasteiger partial charge is 0.455 e. The molecule has 0 aliphatic heterocycles. The quantitative estimate of drug-likeness (QED) is 0.819. The van der Waals surface area contributed by atoms with Crippen molar-refractivity contribution in [1.29, 1.82) is 5.26 Å². The number of carbonyl (C=O) groups excluding carboxylic acids is 2. The van der Waals surface area contributed by atoms with Gasteiger partial charge < -0.3 is 10.1 Å². The number of hydrogen-bond donors (Lipinski definition) is 1. The molecule has 0 radical (unpaired) electrons. The lowest BCUT2D eigenvalue weighted by Crippen LogP contribution is -2.36. The minimum atomic E-state index is -0.892. The van der Waals surface area contributed by atoms with E-state index in [9.17, 15) is 14.0 Å². The molecule has 1 N–H and O–H groups in total. The van der Waals surface area contributed by atoms with Crippen molar-refractivity contribution in [3.8, 4) is 6.07 Å². The smallest absolute Gasteiger partial charge is 0.317 e. The summed E-state index contributed by atoms with van der Waals surface area (Å²) < 4.78 is 18.9. The van der Waals surface area contributed by atoms with Crippen LogP contribution >= 0.6 is 0 Å². The Morgan fingerprint density at radius 3 is 2.48 bits per heavy atom. The number of ether oxygens (including phenoxy) is 1. The number of hydrogen-bond acceptors (Lipinski definition) is 4. The zero-order chi connectivity index (χ0) is 19.3. The fourth-order valence-electron chi connectivity index (χ4n) is 3.47. The van der Waals surface area contributed by atoms with Crippen molar-refractivity contribution in [2.45, 2.75) is 31.1 Å². The van der Waals surface area contributed by atoms with Crippen LogP contribution in [0.4, 0.5) is 10.1 Å². The molecule has 1 fully saturated rings. The molecule has 1 amide bonds. The molecule has 0 spiro atoms. The highest BCUT2D eigenvalue weighted by Crippen LogP contribution is 2.42. The van der Waals surface area contributed by atoms with Gasteiger partial charge in [0, 0.05) is 5.69 Å². The average Bonchev–Trinajstić information content (AvgIpc) is 3.18. The molecule has 0 bridgehead atoms. The number of esters is 1. The Labute approximate surface area is 156 Å². The van der Waals surface area contributed by atoms with E-state index in [0.29, 0.717) is 29.7 Å². The fraction of sp³-hybridized carbons (Fsp3) is 0.286. The first kappa shape index (κ1) is 18.6. The lowest BCUT2D eigenvalue weighted by Gasteiger charge is -2.27. The SMILES string of the molecule is N#Cc1ccc(NC(=O)COC(=O)C2(c3cccc(F)c3)CCCC2)cc1. The zero-order valence-corrected chi connectivity index (χ0v) is 14.7. The maximum Gasteiger partial charge on any atom is 0.317 e. The van der Waals surface area contributed by atoms with Crippen LogP contribution in [0.5, 0.6) is 0 Å². The van der Waals surface area contributed by atoms with E-state index in [0.717, 1.165) is 12.8 Å². The number of carbonyl (C=O) groups is 2. The molecule has 5 nitrogen and oxygen atoms in total. The van der Waals surface area contributed by atoms with Crippen LogP contribution < -0.4 is 5.32 Å². The Kier molecular flexibility index (Phi) is 5.51. The highest BCUT2D eigenvalue weighted by Gasteiger charge is 2.44. The molecule has 27 heavy (non-hydrogen) atoms. The van der Waals surface area contributed by atoms with Gasteiger partial charge in [-0.25, -0.2) is 4.39 Å². The highest BCUT2D eigenvalue weighted by atomic mass is 19.1. The van der Waals surface area contributed by atoms with E-state index < -0.39 is 29.7 Å². The third-order valence-corrected chi connectivity index (χ3v) is 4.86. The van der Waals surface area contributed by atoms with Crippen LogP contribution in [0, 0.1) is 17.1 Å². The van der Waals surface area contributed by atoms with E-state index in [2.05, 4.69) is 5.32 Å². The van der Waals surface area contributed by atoms with Crippen LogP contribution in [-0.4, -0.2) is 18.5 Å². The summed E-state index contributed by atoms with van der Waals surface area (Å²) in [5, 5.41) is 11.4. The summed E-state index contributed by atoms with van der Waals surface area (Å²) in [6, 6.07) is 14.4. The molecule has 0 saturated heterocycles. The van der Waals surface area contributed by atoms with Gasteiger partial charge in [0.15, 0.2) is 6.61 Å². The number of anilines is 1. The van der Waals surface area contributed by atoms with Gasteiger partial charge in [-0.1, -0.05) is 25.0 Å². The van der Waals surface area contributed by atoms with E-state index >= 15 is 0 Å². The molecule has 3 rings (SSSR count). The first-order valence-corrected chi connectivity index (χ1v) is 8.77. The van der Waals surface area contributed by atoms with Gasteiger partial charge in [0.25, 0.3) is 5.91 Å². The molecule has 2 aromatic rings. The third kappa shape index (κ3) is 4.14. The summed E-state index contributed by atoms with van der Waals surface area (Å²) in [6.07, 6.45) is 2.85. The van der Waals surface area contributed by atoms with Crippen molar-refractivity contribution < 1.29 is 18.7 Å². The van der Waals surface area contributed by atoms with Crippen LogP contribution in [0.2, 0.25) is 0 Å². The molecule has 0 heterocycles. The second-order valence-electron chi connectivity index (χ2n) is 6.61. The molecular formula is C21H19FN2O3. The first-order chi connectivity index (χ1) is 13.0. The van der Waals surface area contributed by atoms with Crippen molar-refractivity contribution in [3.05, 3.63) is 65.5 Å². The Balaban J connectivity index is 1.64.